The van der Waals surface area contributed by atoms with Gasteiger partial charge in [0.25, 0.3) is 0 Å². The minimum Gasteiger partial charge on any atom is -0.0928 e. The van der Waals surface area contributed by atoms with Crippen LogP contribution in [0.4, 0.5) is 0 Å². The number of hydrogen-bond acceptors (Lipinski definition) is 0. The lowest BCUT2D eigenvalue weighted by atomic mass is 10.0. The third-order valence-corrected chi connectivity index (χ3v) is 8.05. The molecule has 0 heterocycles. The average Bonchev–Trinajstić information content (AvgIpc) is 2.83. The van der Waals surface area contributed by atoms with E-state index in [0.717, 1.165) is 0 Å². The van der Waals surface area contributed by atoms with E-state index in [1.54, 1.807) is 0 Å². The van der Waals surface area contributed by atoms with Gasteiger partial charge in [-0.15, -0.1) is 0 Å². The molecule has 0 aliphatic rings. The van der Waals surface area contributed by atoms with E-state index in [4.69, 9.17) is 0 Å². The summed E-state index contributed by atoms with van der Waals surface area (Å²) in [5, 5.41) is 1.19. The number of unbranched alkanes of at least 4 members (excludes halogenated alkanes) is 29. The predicted octanol–water partition coefficient (Wildman–Crippen LogP) is 13.1. The van der Waals surface area contributed by atoms with Crippen LogP contribution in [0.15, 0.2) is 0 Å². The third kappa shape index (κ3) is 32.5. The van der Waals surface area contributed by atoms with Crippen LogP contribution in [0.5, 0.6) is 0 Å². The summed E-state index contributed by atoms with van der Waals surface area (Å²) in [4.78, 5) is 0. The quantitative estimate of drug-likeness (QED) is 0.0641. The topological polar surface area (TPSA) is 0 Å². The molecule has 0 aliphatic carbocycles. The van der Waals surface area contributed by atoms with Crippen LogP contribution in [0, 0.1) is 0 Å². The molecule has 0 rings (SSSR count). The number of rotatable bonds is 30. The van der Waals surface area contributed by atoms with E-state index in [-0.39, 0.29) is 0 Å². The summed E-state index contributed by atoms with van der Waals surface area (Å²) in [6.45, 7) is 2.31. The van der Waals surface area contributed by atoms with Gasteiger partial charge in [0, 0.05) is 5.33 Å². The molecule has 0 aliphatic heterocycles. The van der Waals surface area contributed by atoms with Gasteiger partial charge in [-0.3, -0.25) is 0 Å². The number of alkyl halides is 1. The Morgan fingerprint density at radius 3 is 0.545 bits per heavy atom. The van der Waals surface area contributed by atoms with Gasteiger partial charge in [-0.2, -0.15) is 0 Å². The van der Waals surface area contributed by atoms with Crippen LogP contribution in [0.1, 0.15) is 200 Å². The molecule has 0 saturated heterocycles. The molecule has 0 aromatic carbocycles. The van der Waals surface area contributed by atoms with Crippen molar-refractivity contribution in [1.29, 1.82) is 0 Å². The van der Waals surface area contributed by atoms with Gasteiger partial charge < -0.3 is 0 Å². The largest absolute Gasteiger partial charge is 0.0928 e. The molecule has 0 bridgehead atoms. The normalized spacial score (nSPS) is 11.5. The van der Waals surface area contributed by atoms with Crippen LogP contribution in [0.25, 0.3) is 0 Å². The Hall–Kier alpha value is 0.480. The molecular formula is C32H65Br. The lowest BCUT2D eigenvalue weighted by Gasteiger charge is -2.04. The van der Waals surface area contributed by atoms with Crippen LogP contribution in [0.2, 0.25) is 0 Å². The van der Waals surface area contributed by atoms with Crippen LogP contribution in [-0.2, 0) is 0 Å². The zero-order chi connectivity index (χ0) is 23.9. The second-order valence-corrected chi connectivity index (χ2v) is 11.7. The second kappa shape index (κ2) is 32.5. The van der Waals surface area contributed by atoms with Crippen molar-refractivity contribution in [2.75, 3.05) is 5.33 Å². The molecule has 0 saturated carbocycles. The van der Waals surface area contributed by atoms with Crippen molar-refractivity contribution in [3.05, 3.63) is 0 Å². The summed E-state index contributed by atoms with van der Waals surface area (Å²) < 4.78 is 0. The van der Waals surface area contributed by atoms with Crippen LogP contribution < -0.4 is 0 Å². The molecule has 200 valence electrons. The first kappa shape index (κ1) is 33.5. The Morgan fingerprint density at radius 1 is 0.242 bits per heavy atom. The Morgan fingerprint density at radius 2 is 0.394 bits per heavy atom. The fourth-order valence-corrected chi connectivity index (χ4v) is 5.51. The second-order valence-electron chi connectivity index (χ2n) is 10.9. The third-order valence-electron chi connectivity index (χ3n) is 7.49. The van der Waals surface area contributed by atoms with E-state index in [2.05, 4.69) is 22.9 Å². The van der Waals surface area contributed by atoms with Crippen molar-refractivity contribution in [2.24, 2.45) is 0 Å². The molecule has 0 aromatic heterocycles. The smallest absolute Gasteiger partial charge is 0.00313 e. The number of hydrogen-bond donors (Lipinski definition) is 0. The molecule has 0 radical (unpaired) electrons. The maximum Gasteiger partial charge on any atom is 0.00313 e. The summed E-state index contributed by atoms with van der Waals surface area (Å²) in [7, 11) is 0. The van der Waals surface area contributed by atoms with Gasteiger partial charge in [-0.1, -0.05) is 209 Å². The van der Waals surface area contributed by atoms with E-state index < -0.39 is 0 Å². The van der Waals surface area contributed by atoms with Crippen LogP contribution >= 0.6 is 15.9 Å². The first-order valence-corrected chi connectivity index (χ1v) is 17.1. The summed E-state index contributed by atoms with van der Waals surface area (Å²) in [6.07, 6.45) is 44.2. The zero-order valence-electron chi connectivity index (χ0n) is 23.3. The van der Waals surface area contributed by atoms with Gasteiger partial charge in [0.15, 0.2) is 0 Å². The zero-order valence-corrected chi connectivity index (χ0v) is 24.9. The van der Waals surface area contributed by atoms with Gasteiger partial charge in [-0.05, 0) is 6.42 Å². The fraction of sp³-hybridized carbons (Fsp3) is 1.00. The minimum absolute atomic E-state index is 1.19. The first-order chi connectivity index (χ1) is 16.4. The number of halogens is 1. The molecular weight excluding hydrogens is 464 g/mol. The highest BCUT2D eigenvalue weighted by Gasteiger charge is 1.96. The van der Waals surface area contributed by atoms with Crippen LogP contribution in [0.3, 0.4) is 0 Å². The Balaban J connectivity index is 2.99. The first-order valence-electron chi connectivity index (χ1n) is 16.0. The average molecular weight is 530 g/mol. The highest BCUT2D eigenvalue weighted by Crippen LogP contribution is 2.16. The van der Waals surface area contributed by atoms with Gasteiger partial charge in [0.2, 0.25) is 0 Å². The Kier molecular flexibility index (Phi) is 33.0. The van der Waals surface area contributed by atoms with Crippen molar-refractivity contribution in [2.45, 2.75) is 200 Å². The molecule has 0 unspecified atom stereocenters. The standard InChI is InChI=1S/C32H65Br/c1-2-3-4-5-6-7-8-9-10-11-12-13-14-15-16-17-18-19-20-21-22-23-24-25-26-27-28-29-30-31-32-33/h2-32H2,1H3. The minimum atomic E-state index is 1.19. The Bertz CT molecular complexity index is 284. The van der Waals surface area contributed by atoms with Gasteiger partial charge in [0.1, 0.15) is 0 Å². The highest BCUT2D eigenvalue weighted by molar-refractivity contribution is 9.09. The molecule has 0 nitrogen and oxygen atoms in total. The molecule has 0 fully saturated rings. The maximum absolute atomic E-state index is 3.52. The van der Waals surface area contributed by atoms with Gasteiger partial charge in [-0.25, -0.2) is 0 Å². The Labute approximate surface area is 220 Å². The van der Waals surface area contributed by atoms with Crippen molar-refractivity contribution in [1.82, 2.24) is 0 Å². The predicted molar refractivity (Wildman–Crippen MR) is 158 cm³/mol. The molecule has 1 heteroatoms. The van der Waals surface area contributed by atoms with E-state index in [9.17, 15) is 0 Å². The van der Waals surface area contributed by atoms with Crippen molar-refractivity contribution in [3.63, 3.8) is 0 Å². The molecule has 0 spiro atoms. The van der Waals surface area contributed by atoms with Crippen molar-refractivity contribution in [3.8, 4) is 0 Å². The summed E-state index contributed by atoms with van der Waals surface area (Å²) >= 11 is 3.52. The highest BCUT2D eigenvalue weighted by atomic mass is 79.9. The fourth-order valence-electron chi connectivity index (χ4n) is 5.12. The lowest BCUT2D eigenvalue weighted by Crippen LogP contribution is -1.85. The van der Waals surface area contributed by atoms with E-state index >= 15 is 0 Å². The molecule has 33 heavy (non-hydrogen) atoms. The molecule has 0 amide bonds. The maximum atomic E-state index is 3.52. The lowest BCUT2D eigenvalue weighted by molar-refractivity contribution is 0.513. The SMILES string of the molecule is CCCCCCCCCCCCCCCCCCCCCCCCCCCCCCCCBr. The summed E-state index contributed by atoms with van der Waals surface area (Å²) in [5.74, 6) is 0. The van der Waals surface area contributed by atoms with Crippen molar-refractivity contribution < 1.29 is 0 Å². The molecule has 0 aromatic rings. The molecule has 0 atom stereocenters. The molecule has 0 N–H and O–H groups in total. The van der Waals surface area contributed by atoms with Crippen molar-refractivity contribution >= 4 is 15.9 Å². The van der Waals surface area contributed by atoms with E-state index in [1.807, 2.05) is 0 Å². The van der Waals surface area contributed by atoms with Gasteiger partial charge >= 0.3 is 0 Å². The van der Waals surface area contributed by atoms with Crippen LogP contribution in [-0.4, -0.2) is 5.33 Å². The summed E-state index contributed by atoms with van der Waals surface area (Å²) in [5.41, 5.74) is 0. The van der Waals surface area contributed by atoms with E-state index in [0.29, 0.717) is 0 Å². The van der Waals surface area contributed by atoms with E-state index in [1.165, 1.54) is 198 Å². The summed E-state index contributed by atoms with van der Waals surface area (Å²) in [6, 6.07) is 0. The van der Waals surface area contributed by atoms with Gasteiger partial charge in [0.05, 0.1) is 0 Å². The monoisotopic (exact) mass is 528 g/mol.